The zero-order valence-electron chi connectivity index (χ0n) is 10.0. The zero-order valence-corrected chi connectivity index (χ0v) is 12.4. The van der Waals surface area contributed by atoms with Crippen molar-refractivity contribution in [3.63, 3.8) is 0 Å². The van der Waals surface area contributed by atoms with Crippen LogP contribution in [0.1, 0.15) is 32.6 Å². The molecule has 0 radical (unpaired) electrons. The number of rotatable bonds is 3. The SMILES string of the molecule is CC1CCCCC1CNc1ncc(Cl)cc1Br. The minimum atomic E-state index is 0.661. The fraction of sp³-hybridized carbons (Fsp3) is 0.615. The fourth-order valence-corrected chi connectivity index (χ4v) is 3.25. The van der Waals surface area contributed by atoms with E-state index in [-0.39, 0.29) is 0 Å². The van der Waals surface area contributed by atoms with Gasteiger partial charge in [0.05, 0.1) is 9.50 Å². The van der Waals surface area contributed by atoms with Gasteiger partial charge in [0.15, 0.2) is 0 Å². The fourth-order valence-electron chi connectivity index (χ4n) is 2.47. The standard InChI is InChI=1S/C13H18BrClN2/c1-9-4-2-3-5-10(9)7-16-13-12(14)6-11(15)8-17-13/h6,8-10H,2-5,7H2,1H3,(H,16,17). The Morgan fingerprint density at radius 2 is 2.24 bits per heavy atom. The van der Waals surface area contributed by atoms with Gasteiger partial charge in [-0.25, -0.2) is 4.98 Å². The third-order valence-electron chi connectivity index (χ3n) is 3.63. The topological polar surface area (TPSA) is 24.9 Å². The first kappa shape index (κ1) is 13.2. The number of nitrogens with one attached hydrogen (secondary N) is 1. The first-order chi connectivity index (χ1) is 8.16. The van der Waals surface area contributed by atoms with E-state index in [0.29, 0.717) is 5.02 Å². The van der Waals surface area contributed by atoms with Crippen LogP contribution < -0.4 is 5.32 Å². The van der Waals surface area contributed by atoms with E-state index in [2.05, 4.69) is 33.2 Å². The van der Waals surface area contributed by atoms with Gasteiger partial charge in [0.2, 0.25) is 0 Å². The molecule has 1 aliphatic carbocycles. The van der Waals surface area contributed by atoms with Gasteiger partial charge in [-0.15, -0.1) is 0 Å². The Morgan fingerprint density at radius 1 is 1.47 bits per heavy atom. The van der Waals surface area contributed by atoms with Crippen molar-refractivity contribution in [3.05, 3.63) is 21.8 Å². The molecule has 2 unspecified atom stereocenters. The second-order valence-electron chi connectivity index (χ2n) is 4.89. The highest BCUT2D eigenvalue weighted by molar-refractivity contribution is 9.10. The van der Waals surface area contributed by atoms with Crippen LogP contribution in [0.5, 0.6) is 0 Å². The van der Waals surface area contributed by atoms with E-state index < -0.39 is 0 Å². The molecule has 1 fully saturated rings. The van der Waals surface area contributed by atoms with Crippen LogP contribution in [-0.4, -0.2) is 11.5 Å². The van der Waals surface area contributed by atoms with Gasteiger partial charge in [0.1, 0.15) is 5.82 Å². The van der Waals surface area contributed by atoms with Crippen LogP contribution in [0.2, 0.25) is 5.02 Å². The van der Waals surface area contributed by atoms with Crippen molar-refractivity contribution in [2.24, 2.45) is 11.8 Å². The van der Waals surface area contributed by atoms with Gasteiger partial charge in [-0.1, -0.05) is 37.8 Å². The lowest BCUT2D eigenvalue weighted by atomic mass is 9.80. The molecule has 1 aliphatic rings. The summed E-state index contributed by atoms with van der Waals surface area (Å²) in [6, 6.07) is 1.88. The number of pyridine rings is 1. The van der Waals surface area contributed by atoms with E-state index in [1.807, 2.05) is 6.07 Å². The van der Waals surface area contributed by atoms with Crippen molar-refractivity contribution in [2.45, 2.75) is 32.6 Å². The third-order valence-corrected chi connectivity index (χ3v) is 4.44. The Kier molecular flexibility index (Phi) is 4.69. The molecule has 0 aliphatic heterocycles. The maximum atomic E-state index is 5.87. The van der Waals surface area contributed by atoms with E-state index in [9.17, 15) is 0 Å². The molecule has 4 heteroatoms. The molecule has 0 aromatic carbocycles. The van der Waals surface area contributed by atoms with E-state index in [0.717, 1.165) is 28.7 Å². The summed E-state index contributed by atoms with van der Waals surface area (Å²) >= 11 is 9.35. The number of hydrogen-bond acceptors (Lipinski definition) is 2. The molecule has 2 rings (SSSR count). The van der Waals surface area contributed by atoms with Gasteiger partial charge < -0.3 is 5.32 Å². The van der Waals surface area contributed by atoms with Crippen LogP contribution in [0.15, 0.2) is 16.7 Å². The number of anilines is 1. The van der Waals surface area contributed by atoms with E-state index in [1.54, 1.807) is 6.20 Å². The van der Waals surface area contributed by atoms with Crippen molar-refractivity contribution in [1.29, 1.82) is 0 Å². The summed E-state index contributed by atoms with van der Waals surface area (Å²) in [4.78, 5) is 4.30. The van der Waals surface area contributed by atoms with Crippen LogP contribution in [-0.2, 0) is 0 Å². The predicted molar refractivity (Wildman–Crippen MR) is 76.6 cm³/mol. The van der Waals surface area contributed by atoms with Gasteiger partial charge in [0, 0.05) is 12.7 Å². The van der Waals surface area contributed by atoms with Crippen LogP contribution in [0.3, 0.4) is 0 Å². The summed E-state index contributed by atoms with van der Waals surface area (Å²) in [5, 5.41) is 4.08. The van der Waals surface area contributed by atoms with Gasteiger partial charge in [-0.05, 0) is 40.3 Å². The highest BCUT2D eigenvalue weighted by Gasteiger charge is 2.21. The summed E-state index contributed by atoms with van der Waals surface area (Å²) in [5.74, 6) is 2.49. The molecule has 0 bridgehead atoms. The molecule has 94 valence electrons. The van der Waals surface area contributed by atoms with E-state index in [1.165, 1.54) is 25.7 Å². The van der Waals surface area contributed by atoms with E-state index in [4.69, 9.17) is 11.6 Å². The summed E-state index contributed by atoms with van der Waals surface area (Å²) in [7, 11) is 0. The Labute approximate surface area is 116 Å². The highest BCUT2D eigenvalue weighted by atomic mass is 79.9. The Bertz CT molecular complexity index is 384. The molecule has 1 heterocycles. The normalized spacial score (nSPS) is 24.6. The number of nitrogens with zero attached hydrogens (tertiary/aromatic N) is 1. The van der Waals surface area contributed by atoms with Gasteiger partial charge in [0.25, 0.3) is 0 Å². The molecule has 1 aromatic rings. The number of aromatic nitrogens is 1. The highest BCUT2D eigenvalue weighted by Crippen LogP contribution is 2.30. The predicted octanol–water partition coefficient (Wildman–Crippen LogP) is 4.74. The average Bonchev–Trinajstić information content (AvgIpc) is 2.30. The van der Waals surface area contributed by atoms with Crippen molar-refractivity contribution in [3.8, 4) is 0 Å². The molecule has 0 saturated heterocycles. The minimum absolute atomic E-state index is 0.661. The summed E-state index contributed by atoms with van der Waals surface area (Å²) in [5.41, 5.74) is 0. The second-order valence-corrected chi connectivity index (χ2v) is 6.18. The van der Waals surface area contributed by atoms with Gasteiger partial charge >= 0.3 is 0 Å². The summed E-state index contributed by atoms with van der Waals surface area (Å²) in [6.45, 7) is 3.37. The molecule has 2 nitrogen and oxygen atoms in total. The largest absolute Gasteiger partial charge is 0.369 e. The Morgan fingerprint density at radius 3 is 2.94 bits per heavy atom. The Hall–Kier alpha value is -0.280. The maximum absolute atomic E-state index is 5.87. The summed E-state index contributed by atoms with van der Waals surface area (Å²) < 4.78 is 0.938. The van der Waals surface area contributed by atoms with Crippen molar-refractivity contribution < 1.29 is 0 Å². The first-order valence-electron chi connectivity index (χ1n) is 6.21. The molecule has 1 N–H and O–H groups in total. The minimum Gasteiger partial charge on any atom is -0.369 e. The second kappa shape index (κ2) is 6.05. The molecule has 17 heavy (non-hydrogen) atoms. The van der Waals surface area contributed by atoms with Crippen molar-refractivity contribution in [2.75, 3.05) is 11.9 Å². The molecule has 1 aromatic heterocycles. The van der Waals surface area contributed by atoms with Crippen LogP contribution in [0.25, 0.3) is 0 Å². The zero-order chi connectivity index (χ0) is 12.3. The molecular formula is C13H18BrClN2. The lowest BCUT2D eigenvalue weighted by molar-refractivity contribution is 0.268. The van der Waals surface area contributed by atoms with Gasteiger partial charge in [-0.2, -0.15) is 0 Å². The van der Waals surface area contributed by atoms with Gasteiger partial charge in [-0.3, -0.25) is 0 Å². The Balaban J connectivity index is 1.92. The number of hydrogen-bond donors (Lipinski definition) is 1. The van der Waals surface area contributed by atoms with E-state index >= 15 is 0 Å². The molecular weight excluding hydrogens is 300 g/mol. The van der Waals surface area contributed by atoms with Crippen LogP contribution >= 0.6 is 27.5 Å². The maximum Gasteiger partial charge on any atom is 0.140 e. The van der Waals surface area contributed by atoms with Crippen molar-refractivity contribution in [1.82, 2.24) is 4.98 Å². The molecule has 0 spiro atoms. The first-order valence-corrected chi connectivity index (χ1v) is 7.39. The lowest BCUT2D eigenvalue weighted by Gasteiger charge is -2.29. The molecule has 0 amide bonds. The lowest BCUT2D eigenvalue weighted by Crippen LogP contribution is -2.24. The third kappa shape index (κ3) is 3.59. The van der Waals surface area contributed by atoms with Crippen molar-refractivity contribution >= 4 is 33.3 Å². The summed E-state index contributed by atoms with van der Waals surface area (Å²) in [6.07, 6.45) is 7.13. The molecule has 1 saturated carbocycles. The van der Waals surface area contributed by atoms with Crippen LogP contribution in [0.4, 0.5) is 5.82 Å². The average molecular weight is 318 g/mol. The smallest absolute Gasteiger partial charge is 0.140 e. The molecule has 2 atom stereocenters. The monoisotopic (exact) mass is 316 g/mol. The number of halogens is 2. The quantitative estimate of drug-likeness (QED) is 0.871. The van der Waals surface area contributed by atoms with Crippen LogP contribution in [0, 0.1) is 11.8 Å².